The maximum Gasteiger partial charge on any atom is 0.241 e. The van der Waals surface area contributed by atoms with E-state index in [1.807, 2.05) is 0 Å². The van der Waals surface area contributed by atoms with E-state index in [9.17, 15) is 4.79 Å². The Morgan fingerprint density at radius 3 is 2.71 bits per heavy atom. The molecule has 0 spiro atoms. The van der Waals surface area contributed by atoms with Gasteiger partial charge in [0.25, 0.3) is 0 Å². The fraction of sp³-hybridized carbons (Fsp3) is 0.222. The van der Waals surface area contributed by atoms with E-state index in [4.69, 9.17) is 28.9 Å². The average Bonchev–Trinajstić information content (AvgIpc) is 2.12. The van der Waals surface area contributed by atoms with Gasteiger partial charge in [0, 0.05) is 0 Å². The van der Waals surface area contributed by atoms with Crippen LogP contribution in [0.15, 0.2) is 18.2 Å². The van der Waals surface area contributed by atoms with E-state index in [0.29, 0.717) is 15.7 Å². The second kappa shape index (κ2) is 4.64. The number of nitrogens with two attached hydrogens (primary N) is 1. The SMILES string of the molecule is CC(N)C(=O)Nc1cccc(Cl)c1Cl. The van der Waals surface area contributed by atoms with Crippen LogP contribution in [0, 0.1) is 0 Å². The van der Waals surface area contributed by atoms with Crippen molar-refractivity contribution in [2.75, 3.05) is 5.32 Å². The Hall–Kier alpha value is -0.770. The molecule has 1 amide bonds. The van der Waals surface area contributed by atoms with Crippen molar-refractivity contribution in [2.45, 2.75) is 13.0 Å². The van der Waals surface area contributed by atoms with Crippen molar-refractivity contribution < 1.29 is 4.79 Å². The summed E-state index contributed by atoms with van der Waals surface area (Å²) in [4.78, 5) is 11.2. The highest BCUT2D eigenvalue weighted by Crippen LogP contribution is 2.29. The zero-order valence-corrected chi connectivity index (χ0v) is 9.06. The van der Waals surface area contributed by atoms with E-state index < -0.39 is 6.04 Å². The molecule has 0 aliphatic rings. The highest BCUT2D eigenvalue weighted by Gasteiger charge is 2.10. The minimum absolute atomic E-state index is 0.297. The number of rotatable bonds is 2. The zero-order valence-electron chi connectivity index (χ0n) is 7.55. The van der Waals surface area contributed by atoms with Crippen LogP contribution in [0.4, 0.5) is 5.69 Å². The Labute approximate surface area is 92.2 Å². The molecule has 14 heavy (non-hydrogen) atoms. The second-order valence-electron chi connectivity index (χ2n) is 2.88. The van der Waals surface area contributed by atoms with Crippen molar-refractivity contribution >= 4 is 34.8 Å². The fourth-order valence-corrected chi connectivity index (χ4v) is 1.19. The number of benzene rings is 1. The van der Waals surface area contributed by atoms with E-state index >= 15 is 0 Å². The molecule has 3 N–H and O–H groups in total. The van der Waals surface area contributed by atoms with Crippen molar-refractivity contribution in [1.29, 1.82) is 0 Å². The highest BCUT2D eigenvalue weighted by molar-refractivity contribution is 6.44. The van der Waals surface area contributed by atoms with Crippen molar-refractivity contribution in [2.24, 2.45) is 5.73 Å². The molecule has 5 heteroatoms. The lowest BCUT2D eigenvalue weighted by Crippen LogP contribution is -2.32. The minimum atomic E-state index is -0.579. The number of hydrogen-bond donors (Lipinski definition) is 2. The van der Waals surface area contributed by atoms with Gasteiger partial charge in [-0.1, -0.05) is 29.3 Å². The molecular formula is C9H10Cl2N2O. The quantitative estimate of drug-likeness (QED) is 0.823. The summed E-state index contributed by atoms with van der Waals surface area (Å²) in [7, 11) is 0. The van der Waals surface area contributed by atoms with Crippen LogP contribution in [-0.2, 0) is 4.79 Å². The molecule has 1 rings (SSSR count). The monoisotopic (exact) mass is 232 g/mol. The van der Waals surface area contributed by atoms with Gasteiger partial charge in [0.1, 0.15) is 0 Å². The van der Waals surface area contributed by atoms with Gasteiger partial charge in [-0.15, -0.1) is 0 Å². The molecule has 1 aromatic rings. The average molecular weight is 233 g/mol. The van der Waals surface area contributed by atoms with Crippen molar-refractivity contribution in [3.63, 3.8) is 0 Å². The Kier molecular flexibility index (Phi) is 3.75. The van der Waals surface area contributed by atoms with Crippen LogP contribution in [0.3, 0.4) is 0 Å². The molecule has 0 heterocycles. The number of hydrogen-bond acceptors (Lipinski definition) is 2. The number of carbonyl (C=O) groups excluding carboxylic acids is 1. The van der Waals surface area contributed by atoms with Gasteiger partial charge < -0.3 is 11.1 Å². The van der Waals surface area contributed by atoms with Crippen LogP contribution in [0.2, 0.25) is 10.0 Å². The van der Waals surface area contributed by atoms with Crippen LogP contribution in [-0.4, -0.2) is 11.9 Å². The van der Waals surface area contributed by atoms with Gasteiger partial charge in [0.15, 0.2) is 0 Å². The second-order valence-corrected chi connectivity index (χ2v) is 3.66. The molecule has 0 saturated carbocycles. The minimum Gasteiger partial charge on any atom is -0.323 e. The first kappa shape index (κ1) is 11.3. The Morgan fingerprint density at radius 2 is 2.14 bits per heavy atom. The lowest BCUT2D eigenvalue weighted by Gasteiger charge is -2.09. The topological polar surface area (TPSA) is 55.1 Å². The van der Waals surface area contributed by atoms with Gasteiger partial charge in [-0.05, 0) is 19.1 Å². The molecule has 0 aliphatic heterocycles. The predicted octanol–water partition coefficient (Wildman–Crippen LogP) is 2.28. The zero-order chi connectivity index (χ0) is 10.7. The maximum absolute atomic E-state index is 11.2. The largest absolute Gasteiger partial charge is 0.323 e. The Balaban J connectivity index is 2.87. The van der Waals surface area contributed by atoms with E-state index in [0.717, 1.165) is 0 Å². The van der Waals surface area contributed by atoms with Crippen LogP contribution in [0.5, 0.6) is 0 Å². The first-order chi connectivity index (χ1) is 6.52. The molecular weight excluding hydrogens is 223 g/mol. The normalized spacial score (nSPS) is 12.3. The summed E-state index contributed by atoms with van der Waals surface area (Å²) in [6.07, 6.45) is 0. The summed E-state index contributed by atoms with van der Waals surface area (Å²) in [6, 6.07) is 4.43. The van der Waals surface area contributed by atoms with Crippen molar-refractivity contribution in [3.05, 3.63) is 28.2 Å². The van der Waals surface area contributed by atoms with Crippen molar-refractivity contribution in [1.82, 2.24) is 0 Å². The van der Waals surface area contributed by atoms with Gasteiger partial charge in [-0.2, -0.15) is 0 Å². The van der Waals surface area contributed by atoms with Gasteiger partial charge in [-0.25, -0.2) is 0 Å². The van der Waals surface area contributed by atoms with Crippen LogP contribution >= 0.6 is 23.2 Å². The van der Waals surface area contributed by atoms with Crippen LogP contribution in [0.25, 0.3) is 0 Å². The lowest BCUT2D eigenvalue weighted by atomic mass is 10.3. The molecule has 0 fully saturated rings. The smallest absolute Gasteiger partial charge is 0.241 e. The number of anilines is 1. The molecule has 0 bridgehead atoms. The molecule has 0 aliphatic carbocycles. The number of carbonyl (C=O) groups is 1. The third-order valence-corrected chi connectivity index (χ3v) is 2.44. The summed E-state index contributed by atoms with van der Waals surface area (Å²) in [5, 5.41) is 3.29. The summed E-state index contributed by atoms with van der Waals surface area (Å²) in [5.74, 6) is -0.297. The molecule has 76 valence electrons. The molecule has 1 atom stereocenters. The lowest BCUT2D eigenvalue weighted by molar-refractivity contribution is -0.117. The predicted molar refractivity (Wildman–Crippen MR) is 58.7 cm³/mol. The Bertz CT molecular complexity index is 353. The van der Waals surface area contributed by atoms with E-state index in [2.05, 4.69) is 5.32 Å². The highest BCUT2D eigenvalue weighted by atomic mass is 35.5. The third-order valence-electron chi connectivity index (χ3n) is 1.62. The van der Waals surface area contributed by atoms with Gasteiger partial charge in [-0.3, -0.25) is 4.79 Å². The molecule has 3 nitrogen and oxygen atoms in total. The summed E-state index contributed by atoms with van der Waals surface area (Å²) in [6.45, 7) is 1.59. The van der Waals surface area contributed by atoms with Crippen molar-refractivity contribution in [3.8, 4) is 0 Å². The molecule has 1 unspecified atom stereocenters. The standard InChI is InChI=1S/C9H10Cl2N2O/c1-5(12)9(14)13-7-4-2-3-6(10)8(7)11/h2-5H,12H2,1H3,(H,13,14). The van der Waals surface area contributed by atoms with E-state index in [1.165, 1.54) is 0 Å². The van der Waals surface area contributed by atoms with E-state index in [1.54, 1.807) is 25.1 Å². The van der Waals surface area contributed by atoms with Crippen LogP contribution in [0.1, 0.15) is 6.92 Å². The number of nitrogens with one attached hydrogen (secondary N) is 1. The molecule has 0 saturated heterocycles. The van der Waals surface area contributed by atoms with Gasteiger partial charge in [0.2, 0.25) is 5.91 Å². The summed E-state index contributed by atoms with van der Waals surface area (Å²) in [5.41, 5.74) is 5.86. The summed E-state index contributed by atoms with van der Waals surface area (Å²) >= 11 is 11.6. The van der Waals surface area contributed by atoms with E-state index in [-0.39, 0.29) is 5.91 Å². The number of amides is 1. The molecule has 1 aromatic carbocycles. The van der Waals surface area contributed by atoms with Gasteiger partial charge in [0.05, 0.1) is 21.8 Å². The molecule has 0 aromatic heterocycles. The first-order valence-corrected chi connectivity index (χ1v) is 4.78. The first-order valence-electron chi connectivity index (χ1n) is 4.03. The fourth-order valence-electron chi connectivity index (χ4n) is 0.847. The molecule has 0 radical (unpaired) electrons. The van der Waals surface area contributed by atoms with Crippen LogP contribution < -0.4 is 11.1 Å². The third kappa shape index (κ3) is 2.61. The Morgan fingerprint density at radius 1 is 1.50 bits per heavy atom. The maximum atomic E-state index is 11.2. The number of halogens is 2. The summed E-state index contributed by atoms with van der Waals surface area (Å²) < 4.78 is 0. The van der Waals surface area contributed by atoms with Gasteiger partial charge >= 0.3 is 0 Å².